The maximum Gasteiger partial charge on any atom is 0.137 e. The summed E-state index contributed by atoms with van der Waals surface area (Å²) in [5, 5.41) is 0.807. The molecule has 1 heterocycles. The lowest BCUT2D eigenvalue weighted by Crippen LogP contribution is -2.11. The third kappa shape index (κ3) is 3.70. The molecular weight excluding hydrogens is 348 g/mol. The average Bonchev–Trinajstić information content (AvgIpc) is 2.84. The molecule has 1 aromatic carbocycles. The van der Waals surface area contributed by atoms with Crippen LogP contribution in [-0.4, -0.2) is 19.3 Å². The van der Waals surface area contributed by atoms with Crippen LogP contribution >= 0.6 is 31.9 Å². The first-order chi connectivity index (χ1) is 8.31. The Hall–Kier alpha value is -0.0600. The number of hydrogen-bond acceptors (Lipinski definition) is 2. The van der Waals surface area contributed by atoms with Gasteiger partial charge in [0.05, 0.1) is 17.2 Å². The van der Waals surface area contributed by atoms with Gasteiger partial charge < -0.3 is 9.47 Å². The molecule has 2 nitrogen and oxygen atoms in total. The van der Waals surface area contributed by atoms with Gasteiger partial charge in [0.1, 0.15) is 5.75 Å². The summed E-state index contributed by atoms with van der Waals surface area (Å²) >= 11 is 7.00. The van der Waals surface area contributed by atoms with Gasteiger partial charge in [-0.05, 0) is 34.8 Å². The number of alkyl halides is 1. The molecule has 1 unspecified atom stereocenters. The van der Waals surface area contributed by atoms with Gasteiger partial charge in [-0.3, -0.25) is 0 Å². The second kappa shape index (κ2) is 6.76. The Morgan fingerprint density at radius 3 is 3.00 bits per heavy atom. The molecule has 17 heavy (non-hydrogen) atoms. The Balaban J connectivity index is 1.89. The number of halogens is 2. The summed E-state index contributed by atoms with van der Waals surface area (Å²) in [5.41, 5.74) is 1.17. The van der Waals surface area contributed by atoms with Gasteiger partial charge in [0.2, 0.25) is 0 Å². The molecule has 1 atom stereocenters. The van der Waals surface area contributed by atoms with E-state index in [4.69, 9.17) is 9.47 Å². The summed E-state index contributed by atoms with van der Waals surface area (Å²) < 4.78 is 12.5. The summed E-state index contributed by atoms with van der Waals surface area (Å²) in [6.45, 7) is 1.62. The third-order valence-electron chi connectivity index (χ3n) is 2.90. The number of rotatable bonds is 5. The molecule has 0 N–H and O–H groups in total. The lowest BCUT2D eigenvalue weighted by atomic mass is 10.2. The van der Waals surface area contributed by atoms with Gasteiger partial charge in [-0.15, -0.1) is 0 Å². The second-order valence-corrected chi connectivity index (χ2v) is 5.55. The first-order valence-corrected chi connectivity index (χ1v) is 7.80. The van der Waals surface area contributed by atoms with Crippen molar-refractivity contribution in [3.05, 3.63) is 28.2 Å². The summed E-state index contributed by atoms with van der Waals surface area (Å²) in [6, 6.07) is 6.10. The van der Waals surface area contributed by atoms with E-state index in [1.54, 1.807) is 0 Å². The summed E-state index contributed by atoms with van der Waals surface area (Å²) in [5.74, 6) is 0.947. The van der Waals surface area contributed by atoms with Crippen LogP contribution < -0.4 is 4.74 Å². The summed E-state index contributed by atoms with van der Waals surface area (Å²) in [7, 11) is 0. The zero-order chi connectivity index (χ0) is 12.1. The number of benzene rings is 1. The fourth-order valence-corrected chi connectivity index (χ4v) is 2.95. The molecule has 0 aliphatic carbocycles. The second-order valence-electron chi connectivity index (χ2n) is 4.13. The van der Waals surface area contributed by atoms with Gasteiger partial charge in [0, 0.05) is 23.9 Å². The highest BCUT2D eigenvalue weighted by atomic mass is 79.9. The molecule has 1 aromatic rings. The van der Waals surface area contributed by atoms with E-state index in [2.05, 4.69) is 37.9 Å². The minimum Gasteiger partial charge on any atom is -0.492 e. The zero-order valence-electron chi connectivity index (χ0n) is 9.62. The molecule has 94 valence electrons. The van der Waals surface area contributed by atoms with Crippen molar-refractivity contribution >= 4 is 31.9 Å². The molecule has 0 amide bonds. The monoisotopic (exact) mass is 362 g/mol. The predicted octanol–water partition coefficient (Wildman–Crippen LogP) is 4.29. The van der Waals surface area contributed by atoms with Gasteiger partial charge in [-0.2, -0.15) is 0 Å². The van der Waals surface area contributed by atoms with Crippen LogP contribution in [0.4, 0.5) is 0 Å². The SMILES string of the molecule is BrCc1cccc(Br)c1OCCC1CCCO1. The van der Waals surface area contributed by atoms with Gasteiger partial charge in [0.25, 0.3) is 0 Å². The zero-order valence-corrected chi connectivity index (χ0v) is 12.8. The maximum atomic E-state index is 5.86. The normalized spacial score (nSPS) is 19.5. The van der Waals surface area contributed by atoms with E-state index in [0.29, 0.717) is 12.7 Å². The predicted molar refractivity (Wildman–Crippen MR) is 75.9 cm³/mol. The molecule has 1 aliphatic heterocycles. The van der Waals surface area contributed by atoms with Crippen LogP contribution in [0.1, 0.15) is 24.8 Å². The van der Waals surface area contributed by atoms with E-state index in [9.17, 15) is 0 Å². The number of ether oxygens (including phenoxy) is 2. The molecule has 0 radical (unpaired) electrons. The molecule has 0 saturated carbocycles. The van der Waals surface area contributed by atoms with E-state index in [-0.39, 0.29) is 0 Å². The molecule has 1 aliphatic rings. The molecular formula is C13H16Br2O2. The minimum absolute atomic E-state index is 0.393. The topological polar surface area (TPSA) is 18.5 Å². The van der Waals surface area contributed by atoms with Crippen LogP contribution in [0.25, 0.3) is 0 Å². The Morgan fingerprint density at radius 2 is 2.29 bits per heavy atom. The van der Waals surface area contributed by atoms with Crippen molar-refractivity contribution in [1.82, 2.24) is 0 Å². The van der Waals surface area contributed by atoms with Crippen molar-refractivity contribution < 1.29 is 9.47 Å². The quantitative estimate of drug-likeness (QED) is 0.726. The standard InChI is InChI=1S/C13H16Br2O2/c14-9-10-3-1-5-12(15)13(10)17-8-6-11-4-2-7-16-11/h1,3,5,11H,2,4,6-9H2. The van der Waals surface area contributed by atoms with Crippen molar-refractivity contribution in [2.45, 2.75) is 30.7 Å². The van der Waals surface area contributed by atoms with Gasteiger partial charge in [0.15, 0.2) is 0 Å². The third-order valence-corrected chi connectivity index (χ3v) is 4.13. The van der Waals surface area contributed by atoms with Crippen molar-refractivity contribution in [1.29, 1.82) is 0 Å². The van der Waals surface area contributed by atoms with Gasteiger partial charge >= 0.3 is 0 Å². The Bertz CT molecular complexity index is 362. The van der Waals surface area contributed by atoms with Crippen molar-refractivity contribution in [3.63, 3.8) is 0 Å². The first-order valence-electron chi connectivity index (χ1n) is 5.89. The Labute approximate surface area is 119 Å². The first kappa shape index (κ1) is 13.4. The number of hydrogen-bond donors (Lipinski definition) is 0. The Kier molecular flexibility index (Phi) is 5.32. The largest absolute Gasteiger partial charge is 0.492 e. The van der Waals surface area contributed by atoms with Crippen molar-refractivity contribution in [2.24, 2.45) is 0 Å². The van der Waals surface area contributed by atoms with E-state index >= 15 is 0 Å². The smallest absolute Gasteiger partial charge is 0.137 e. The van der Waals surface area contributed by atoms with Gasteiger partial charge in [-0.25, -0.2) is 0 Å². The highest BCUT2D eigenvalue weighted by molar-refractivity contribution is 9.10. The van der Waals surface area contributed by atoms with E-state index in [0.717, 1.165) is 28.6 Å². The molecule has 0 aromatic heterocycles. The fraction of sp³-hybridized carbons (Fsp3) is 0.538. The van der Waals surface area contributed by atoms with Crippen molar-refractivity contribution in [3.8, 4) is 5.75 Å². The summed E-state index contributed by atoms with van der Waals surface area (Å²) in [4.78, 5) is 0. The number of para-hydroxylation sites is 1. The molecule has 2 rings (SSSR count). The van der Waals surface area contributed by atoms with Crippen LogP contribution in [-0.2, 0) is 10.1 Å². The van der Waals surface area contributed by atoms with E-state index in [1.165, 1.54) is 18.4 Å². The Morgan fingerprint density at radius 1 is 1.41 bits per heavy atom. The van der Waals surface area contributed by atoms with E-state index < -0.39 is 0 Å². The molecule has 0 spiro atoms. The summed E-state index contributed by atoms with van der Waals surface area (Å²) in [6.07, 6.45) is 3.73. The lowest BCUT2D eigenvalue weighted by molar-refractivity contribution is 0.0901. The fourth-order valence-electron chi connectivity index (χ4n) is 1.98. The van der Waals surface area contributed by atoms with Crippen LogP contribution in [0.5, 0.6) is 5.75 Å². The van der Waals surface area contributed by atoms with E-state index in [1.807, 2.05) is 12.1 Å². The molecule has 1 saturated heterocycles. The van der Waals surface area contributed by atoms with Crippen LogP contribution in [0, 0.1) is 0 Å². The van der Waals surface area contributed by atoms with Gasteiger partial charge in [-0.1, -0.05) is 28.1 Å². The minimum atomic E-state index is 0.393. The lowest BCUT2D eigenvalue weighted by Gasteiger charge is -2.14. The molecule has 4 heteroatoms. The highest BCUT2D eigenvalue weighted by Gasteiger charge is 2.15. The van der Waals surface area contributed by atoms with Crippen LogP contribution in [0.15, 0.2) is 22.7 Å². The maximum absolute atomic E-state index is 5.86. The van der Waals surface area contributed by atoms with Crippen LogP contribution in [0.3, 0.4) is 0 Å². The highest BCUT2D eigenvalue weighted by Crippen LogP contribution is 2.30. The van der Waals surface area contributed by atoms with Crippen molar-refractivity contribution in [2.75, 3.05) is 13.2 Å². The molecule has 0 bridgehead atoms. The van der Waals surface area contributed by atoms with Crippen LogP contribution in [0.2, 0.25) is 0 Å². The average molecular weight is 364 g/mol. The molecule has 1 fully saturated rings.